The summed E-state index contributed by atoms with van der Waals surface area (Å²) in [6.45, 7) is 4.58. The average Bonchev–Trinajstić information content (AvgIpc) is 3.17. The minimum absolute atomic E-state index is 0. The summed E-state index contributed by atoms with van der Waals surface area (Å²) in [5, 5.41) is 6.24. The molecule has 25 heavy (non-hydrogen) atoms. The number of rotatable bonds is 6. The monoisotopic (exact) mass is 359 g/mol. The van der Waals surface area contributed by atoms with Gasteiger partial charge in [-0.15, -0.1) is 12.4 Å². The number of benzene rings is 2. The van der Waals surface area contributed by atoms with E-state index in [1.807, 2.05) is 6.07 Å². The topological polar surface area (TPSA) is 44.4 Å². The second-order valence-corrected chi connectivity index (χ2v) is 6.11. The lowest BCUT2D eigenvalue weighted by Crippen LogP contribution is -2.39. The standard InChI is InChI=1S/C20H25N3O.ClH/c1-2-23(17-7-4-3-5-8-17)18-12-10-16(11-13-18)15-22-20(24)19-9-6-14-21-19;/h3-5,7-8,10-13,19,21H,2,6,9,14-15H2,1H3,(H,22,24);1H. The molecule has 5 heteroatoms. The number of amides is 1. The van der Waals surface area contributed by atoms with Crippen LogP contribution in [0, 0.1) is 0 Å². The van der Waals surface area contributed by atoms with Crippen molar-refractivity contribution in [3.05, 3.63) is 60.2 Å². The summed E-state index contributed by atoms with van der Waals surface area (Å²) >= 11 is 0. The maximum atomic E-state index is 12.0. The lowest BCUT2D eigenvalue weighted by molar-refractivity contribution is -0.122. The van der Waals surface area contributed by atoms with Gasteiger partial charge in [-0.2, -0.15) is 0 Å². The molecule has 0 saturated carbocycles. The normalized spacial score (nSPS) is 16.1. The minimum atomic E-state index is -0.0158. The first-order valence-electron chi connectivity index (χ1n) is 8.70. The Morgan fingerprint density at radius 3 is 2.40 bits per heavy atom. The average molecular weight is 360 g/mol. The molecule has 0 aliphatic carbocycles. The molecule has 134 valence electrons. The number of nitrogens with zero attached hydrogens (tertiary/aromatic N) is 1. The van der Waals surface area contributed by atoms with Crippen molar-refractivity contribution in [2.45, 2.75) is 32.4 Å². The van der Waals surface area contributed by atoms with Gasteiger partial charge in [0.2, 0.25) is 5.91 Å². The van der Waals surface area contributed by atoms with Gasteiger partial charge in [0.1, 0.15) is 0 Å². The van der Waals surface area contributed by atoms with Crippen LogP contribution in [-0.2, 0) is 11.3 Å². The molecule has 1 amide bonds. The molecule has 1 heterocycles. The molecule has 1 atom stereocenters. The zero-order chi connectivity index (χ0) is 16.8. The summed E-state index contributed by atoms with van der Waals surface area (Å²) in [6, 6.07) is 18.8. The number of anilines is 2. The van der Waals surface area contributed by atoms with Gasteiger partial charge in [-0.25, -0.2) is 0 Å². The highest BCUT2D eigenvalue weighted by atomic mass is 35.5. The van der Waals surface area contributed by atoms with Gasteiger partial charge in [0.15, 0.2) is 0 Å². The van der Waals surface area contributed by atoms with Gasteiger partial charge in [-0.3, -0.25) is 4.79 Å². The fourth-order valence-corrected chi connectivity index (χ4v) is 3.14. The SMILES string of the molecule is CCN(c1ccccc1)c1ccc(CNC(=O)C2CCCN2)cc1.Cl. The Kier molecular flexibility index (Phi) is 7.29. The molecule has 1 aliphatic heterocycles. The third-order valence-electron chi connectivity index (χ3n) is 4.48. The largest absolute Gasteiger partial charge is 0.351 e. The Labute approximate surface area is 156 Å². The number of halogens is 1. The highest BCUT2D eigenvalue weighted by Gasteiger charge is 2.21. The summed E-state index contributed by atoms with van der Waals surface area (Å²) in [6.07, 6.45) is 2.02. The Bertz CT molecular complexity index is 654. The highest BCUT2D eigenvalue weighted by molar-refractivity contribution is 5.85. The van der Waals surface area contributed by atoms with Crippen molar-refractivity contribution in [3.8, 4) is 0 Å². The van der Waals surface area contributed by atoms with Crippen molar-refractivity contribution >= 4 is 29.7 Å². The Morgan fingerprint density at radius 1 is 1.12 bits per heavy atom. The van der Waals surface area contributed by atoms with Gasteiger partial charge in [0.05, 0.1) is 6.04 Å². The maximum Gasteiger partial charge on any atom is 0.237 e. The third kappa shape index (κ3) is 4.97. The molecule has 1 aliphatic rings. The Balaban J connectivity index is 0.00000225. The first kappa shape index (κ1) is 19.3. The minimum Gasteiger partial charge on any atom is -0.351 e. The van der Waals surface area contributed by atoms with Crippen molar-refractivity contribution < 1.29 is 4.79 Å². The lowest BCUT2D eigenvalue weighted by Gasteiger charge is -2.23. The van der Waals surface area contributed by atoms with Crippen LogP contribution in [0.25, 0.3) is 0 Å². The summed E-state index contributed by atoms with van der Waals surface area (Å²) in [4.78, 5) is 14.3. The van der Waals surface area contributed by atoms with E-state index in [0.29, 0.717) is 6.54 Å². The molecular weight excluding hydrogens is 334 g/mol. The molecule has 1 fully saturated rings. The number of nitrogens with one attached hydrogen (secondary N) is 2. The van der Waals surface area contributed by atoms with Crippen LogP contribution in [0.15, 0.2) is 54.6 Å². The summed E-state index contributed by atoms with van der Waals surface area (Å²) < 4.78 is 0. The number of hydrogen-bond acceptors (Lipinski definition) is 3. The van der Waals surface area contributed by atoms with Crippen molar-refractivity contribution in [3.63, 3.8) is 0 Å². The molecule has 0 radical (unpaired) electrons. The third-order valence-corrected chi connectivity index (χ3v) is 4.48. The van der Waals surface area contributed by atoms with E-state index in [-0.39, 0.29) is 24.4 Å². The number of carbonyl (C=O) groups excluding carboxylic acids is 1. The van der Waals surface area contributed by atoms with E-state index < -0.39 is 0 Å². The van der Waals surface area contributed by atoms with E-state index >= 15 is 0 Å². The van der Waals surface area contributed by atoms with E-state index in [9.17, 15) is 4.79 Å². The molecule has 1 saturated heterocycles. The van der Waals surface area contributed by atoms with Crippen molar-refractivity contribution in [2.24, 2.45) is 0 Å². The van der Waals surface area contributed by atoms with Gasteiger partial charge in [-0.05, 0) is 56.1 Å². The van der Waals surface area contributed by atoms with Crippen molar-refractivity contribution in [2.75, 3.05) is 18.0 Å². The van der Waals surface area contributed by atoms with E-state index in [1.54, 1.807) is 0 Å². The molecule has 3 rings (SSSR count). The molecule has 2 N–H and O–H groups in total. The predicted octanol–water partition coefficient (Wildman–Crippen LogP) is 3.63. The van der Waals surface area contributed by atoms with Crippen LogP contribution in [0.2, 0.25) is 0 Å². The fourth-order valence-electron chi connectivity index (χ4n) is 3.14. The first-order valence-corrected chi connectivity index (χ1v) is 8.70. The fraction of sp³-hybridized carbons (Fsp3) is 0.350. The van der Waals surface area contributed by atoms with Crippen LogP contribution in [0.4, 0.5) is 11.4 Å². The highest BCUT2D eigenvalue weighted by Crippen LogP contribution is 2.24. The van der Waals surface area contributed by atoms with Crippen molar-refractivity contribution in [1.82, 2.24) is 10.6 Å². The second-order valence-electron chi connectivity index (χ2n) is 6.11. The Morgan fingerprint density at radius 2 is 1.80 bits per heavy atom. The molecule has 2 aromatic rings. The van der Waals surface area contributed by atoms with E-state index in [2.05, 4.69) is 71.0 Å². The van der Waals surface area contributed by atoms with Crippen LogP contribution < -0.4 is 15.5 Å². The van der Waals surface area contributed by atoms with E-state index in [1.165, 1.54) is 5.69 Å². The summed E-state index contributed by atoms with van der Waals surface area (Å²) in [5.74, 6) is 0.107. The molecular formula is C20H26ClN3O. The van der Waals surface area contributed by atoms with E-state index in [4.69, 9.17) is 0 Å². The van der Waals surface area contributed by atoms with Crippen LogP contribution >= 0.6 is 12.4 Å². The van der Waals surface area contributed by atoms with Crippen molar-refractivity contribution in [1.29, 1.82) is 0 Å². The first-order chi connectivity index (χ1) is 11.8. The smallest absolute Gasteiger partial charge is 0.237 e. The van der Waals surface area contributed by atoms with Gasteiger partial charge >= 0.3 is 0 Å². The maximum absolute atomic E-state index is 12.0. The van der Waals surface area contributed by atoms with Crippen LogP contribution in [0.3, 0.4) is 0 Å². The number of carbonyl (C=O) groups is 1. The van der Waals surface area contributed by atoms with Crippen LogP contribution in [0.5, 0.6) is 0 Å². The van der Waals surface area contributed by atoms with Crippen LogP contribution in [0.1, 0.15) is 25.3 Å². The number of para-hydroxylation sites is 1. The molecule has 0 spiro atoms. The summed E-state index contributed by atoms with van der Waals surface area (Å²) in [7, 11) is 0. The zero-order valence-electron chi connectivity index (χ0n) is 14.6. The molecule has 1 unspecified atom stereocenters. The van der Waals surface area contributed by atoms with Gasteiger partial charge < -0.3 is 15.5 Å². The van der Waals surface area contributed by atoms with Gasteiger partial charge in [0.25, 0.3) is 0 Å². The molecule has 0 bridgehead atoms. The second kappa shape index (κ2) is 9.44. The quantitative estimate of drug-likeness (QED) is 0.827. The van der Waals surface area contributed by atoms with Gasteiger partial charge in [0, 0.05) is 24.5 Å². The Hall–Kier alpha value is -2.04. The van der Waals surface area contributed by atoms with Crippen LogP contribution in [-0.4, -0.2) is 25.0 Å². The molecule has 2 aromatic carbocycles. The van der Waals surface area contributed by atoms with E-state index in [0.717, 1.165) is 37.2 Å². The summed E-state index contributed by atoms with van der Waals surface area (Å²) in [5.41, 5.74) is 3.47. The predicted molar refractivity (Wildman–Crippen MR) is 106 cm³/mol. The molecule has 0 aromatic heterocycles. The zero-order valence-corrected chi connectivity index (χ0v) is 15.4. The number of hydrogen-bond donors (Lipinski definition) is 2. The lowest BCUT2D eigenvalue weighted by atomic mass is 10.1. The van der Waals surface area contributed by atoms with Gasteiger partial charge in [-0.1, -0.05) is 30.3 Å². The molecule has 4 nitrogen and oxygen atoms in total.